The van der Waals surface area contributed by atoms with Crippen molar-refractivity contribution in [3.63, 3.8) is 0 Å². The fourth-order valence-electron chi connectivity index (χ4n) is 2.93. The highest BCUT2D eigenvalue weighted by atomic mass is 35.5. The second-order valence-corrected chi connectivity index (χ2v) is 7.84. The van der Waals surface area contributed by atoms with Crippen molar-refractivity contribution in [3.8, 4) is 5.75 Å². The van der Waals surface area contributed by atoms with Crippen molar-refractivity contribution in [1.29, 1.82) is 5.41 Å². The number of halogens is 1. The van der Waals surface area contributed by atoms with E-state index in [4.69, 9.17) is 21.7 Å². The van der Waals surface area contributed by atoms with Crippen LogP contribution in [0.4, 0.5) is 0 Å². The van der Waals surface area contributed by atoms with Crippen LogP contribution >= 0.6 is 23.4 Å². The molecule has 0 spiro atoms. The number of allylic oxidation sites excluding steroid dienone is 1. The summed E-state index contributed by atoms with van der Waals surface area (Å²) < 4.78 is 7.70. The first-order valence-electron chi connectivity index (χ1n) is 8.64. The zero-order valence-corrected chi connectivity index (χ0v) is 16.6. The fraction of sp³-hybridized carbons (Fsp3) is 0.150. The lowest BCUT2D eigenvalue weighted by molar-refractivity contribution is -0.114. The van der Waals surface area contributed by atoms with Gasteiger partial charge in [-0.1, -0.05) is 35.5 Å². The molecule has 4 rings (SSSR count). The van der Waals surface area contributed by atoms with Crippen LogP contribution in [0.1, 0.15) is 12.6 Å². The second-order valence-electron chi connectivity index (χ2n) is 6.22. The Morgan fingerprint density at radius 1 is 1.29 bits per heavy atom. The number of nitrogens with zero attached hydrogens (tertiary/aromatic N) is 3. The molecule has 2 aliphatic rings. The first-order valence-corrected chi connectivity index (χ1v) is 9.84. The van der Waals surface area contributed by atoms with E-state index in [9.17, 15) is 4.79 Å². The SMILES string of the molecule is CC1=CN2C(=N)/C(=C/c3cccn3CCOc3ccccc3Cl)C(=O)N=C2S1. The minimum atomic E-state index is -0.396. The maximum Gasteiger partial charge on any atom is 0.283 e. The molecule has 0 radical (unpaired) electrons. The molecule has 0 saturated carbocycles. The predicted octanol–water partition coefficient (Wildman–Crippen LogP) is 4.39. The highest BCUT2D eigenvalue weighted by Crippen LogP contribution is 2.32. The number of carbonyl (C=O) groups is 1. The van der Waals surface area contributed by atoms with E-state index >= 15 is 0 Å². The van der Waals surface area contributed by atoms with E-state index in [1.807, 2.05) is 54.2 Å². The summed E-state index contributed by atoms with van der Waals surface area (Å²) in [6.45, 7) is 2.93. The van der Waals surface area contributed by atoms with Crippen molar-refractivity contribution in [2.24, 2.45) is 4.99 Å². The number of rotatable bonds is 5. The van der Waals surface area contributed by atoms with Crippen molar-refractivity contribution in [2.75, 3.05) is 6.61 Å². The zero-order chi connectivity index (χ0) is 19.7. The third-order valence-electron chi connectivity index (χ3n) is 4.28. The molecule has 28 heavy (non-hydrogen) atoms. The summed E-state index contributed by atoms with van der Waals surface area (Å²) in [4.78, 5) is 19.2. The minimum Gasteiger partial charge on any atom is -0.490 e. The van der Waals surface area contributed by atoms with Crippen LogP contribution < -0.4 is 4.74 Å². The average molecular weight is 413 g/mol. The van der Waals surface area contributed by atoms with Gasteiger partial charge in [-0.25, -0.2) is 0 Å². The lowest BCUT2D eigenvalue weighted by Crippen LogP contribution is -2.35. The molecule has 2 aromatic rings. The minimum absolute atomic E-state index is 0.138. The van der Waals surface area contributed by atoms with Crippen LogP contribution in [0.2, 0.25) is 5.02 Å². The quantitative estimate of drug-likeness (QED) is 0.739. The Balaban J connectivity index is 1.50. The van der Waals surface area contributed by atoms with Crippen LogP contribution in [0.3, 0.4) is 0 Å². The van der Waals surface area contributed by atoms with Gasteiger partial charge in [0.05, 0.1) is 17.1 Å². The molecule has 1 N–H and O–H groups in total. The van der Waals surface area contributed by atoms with E-state index < -0.39 is 5.91 Å². The molecule has 1 amide bonds. The van der Waals surface area contributed by atoms with Crippen LogP contribution in [0.15, 0.2) is 64.3 Å². The number of aliphatic imine (C=N–C) groups is 1. The van der Waals surface area contributed by atoms with Crippen molar-refractivity contribution >= 4 is 46.3 Å². The first kappa shape index (κ1) is 18.6. The average Bonchev–Trinajstić information content (AvgIpc) is 3.26. The van der Waals surface area contributed by atoms with E-state index in [-0.39, 0.29) is 11.4 Å². The number of amidine groups is 2. The number of fused-ring (bicyclic) bond motifs is 1. The molecule has 2 aliphatic heterocycles. The number of para-hydroxylation sites is 1. The maximum atomic E-state index is 12.4. The summed E-state index contributed by atoms with van der Waals surface area (Å²) in [6, 6.07) is 11.1. The first-order chi connectivity index (χ1) is 13.5. The lowest BCUT2D eigenvalue weighted by atomic mass is 10.1. The number of ether oxygens (including phenoxy) is 1. The van der Waals surface area contributed by atoms with Gasteiger partial charge in [0.25, 0.3) is 5.91 Å². The van der Waals surface area contributed by atoms with Crippen molar-refractivity contribution in [3.05, 3.63) is 70.0 Å². The highest BCUT2D eigenvalue weighted by molar-refractivity contribution is 8.17. The maximum absolute atomic E-state index is 12.4. The number of nitrogens with one attached hydrogen (secondary N) is 1. The van der Waals surface area contributed by atoms with Crippen molar-refractivity contribution in [2.45, 2.75) is 13.5 Å². The van der Waals surface area contributed by atoms with Crippen LogP contribution in [-0.4, -0.2) is 33.0 Å². The van der Waals surface area contributed by atoms with Gasteiger partial charge in [-0.05, 0) is 37.3 Å². The van der Waals surface area contributed by atoms with Crippen LogP contribution in [0.25, 0.3) is 6.08 Å². The Hall–Kier alpha value is -2.77. The molecule has 3 heterocycles. The third-order valence-corrected chi connectivity index (χ3v) is 5.49. The molecule has 0 saturated heterocycles. The second kappa shape index (κ2) is 7.69. The Bertz CT molecular complexity index is 1050. The molecule has 142 valence electrons. The molecule has 0 atom stereocenters. The van der Waals surface area contributed by atoms with Gasteiger partial charge in [0.15, 0.2) is 5.17 Å². The summed E-state index contributed by atoms with van der Waals surface area (Å²) in [6.07, 6.45) is 5.43. The third kappa shape index (κ3) is 3.63. The van der Waals surface area contributed by atoms with E-state index in [1.54, 1.807) is 17.0 Å². The van der Waals surface area contributed by atoms with Gasteiger partial charge in [0.2, 0.25) is 0 Å². The smallest absolute Gasteiger partial charge is 0.283 e. The number of benzene rings is 1. The molecular formula is C20H17ClN4O2S. The molecule has 1 aromatic carbocycles. The van der Waals surface area contributed by atoms with Crippen molar-refractivity contribution < 1.29 is 9.53 Å². The molecule has 6 nitrogen and oxygen atoms in total. The van der Waals surface area contributed by atoms with E-state index in [0.29, 0.717) is 29.1 Å². The Morgan fingerprint density at radius 3 is 2.93 bits per heavy atom. The Labute approximate surface area is 171 Å². The number of hydrogen-bond donors (Lipinski definition) is 1. The van der Waals surface area contributed by atoms with Gasteiger partial charge in [0, 0.05) is 23.0 Å². The summed E-state index contributed by atoms with van der Waals surface area (Å²) >= 11 is 7.50. The molecule has 8 heteroatoms. The Kier molecular flexibility index (Phi) is 5.11. The molecule has 0 fully saturated rings. The van der Waals surface area contributed by atoms with Gasteiger partial charge >= 0.3 is 0 Å². The van der Waals surface area contributed by atoms with Crippen LogP contribution in [0, 0.1) is 5.41 Å². The summed E-state index contributed by atoms with van der Waals surface area (Å²) in [5.41, 5.74) is 1.07. The van der Waals surface area contributed by atoms with Gasteiger partial charge in [0.1, 0.15) is 18.2 Å². The predicted molar refractivity (Wildman–Crippen MR) is 113 cm³/mol. The lowest BCUT2D eigenvalue weighted by Gasteiger charge is -2.22. The van der Waals surface area contributed by atoms with Gasteiger partial charge in [-0.15, -0.1) is 0 Å². The number of thioether (sulfide) groups is 1. The standard InChI is InChI=1S/C20H17ClN4O2S/c1-13-12-25-18(22)15(19(26)23-20(25)28-13)11-14-5-4-8-24(14)9-10-27-17-7-3-2-6-16(17)21/h2-8,11-12,22H,9-10H2,1H3/b15-11-,22-18?. The van der Waals surface area contributed by atoms with Gasteiger partial charge in [-0.3, -0.25) is 15.1 Å². The van der Waals surface area contributed by atoms with E-state index in [0.717, 1.165) is 10.6 Å². The van der Waals surface area contributed by atoms with Crippen molar-refractivity contribution in [1.82, 2.24) is 9.47 Å². The van der Waals surface area contributed by atoms with Crippen LogP contribution in [0.5, 0.6) is 5.75 Å². The molecule has 0 bridgehead atoms. The van der Waals surface area contributed by atoms with Gasteiger partial charge in [-0.2, -0.15) is 4.99 Å². The Morgan fingerprint density at radius 2 is 2.11 bits per heavy atom. The van der Waals surface area contributed by atoms with Gasteiger partial charge < -0.3 is 9.30 Å². The number of amides is 1. The molecule has 0 unspecified atom stereocenters. The summed E-state index contributed by atoms with van der Waals surface area (Å²) in [5, 5.41) is 9.49. The molecule has 1 aromatic heterocycles. The number of carbonyl (C=O) groups excluding carboxylic acids is 1. The zero-order valence-electron chi connectivity index (χ0n) is 15.1. The normalized spacial score (nSPS) is 17.6. The number of aromatic nitrogens is 1. The van der Waals surface area contributed by atoms with E-state index in [1.165, 1.54) is 11.8 Å². The molecular weight excluding hydrogens is 396 g/mol. The molecule has 0 aliphatic carbocycles. The van der Waals surface area contributed by atoms with E-state index in [2.05, 4.69) is 4.99 Å². The highest BCUT2D eigenvalue weighted by Gasteiger charge is 2.32. The largest absolute Gasteiger partial charge is 0.490 e. The topological polar surface area (TPSA) is 70.7 Å². The number of hydrogen-bond acceptors (Lipinski definition) is 4. The van der Waals surface area contributed by atoms with Crippen LogP contribution in [-0.2, 0) is 11.3 Å². The fourth-order valence-corrected chi connectivity index (χ4v) is 3.93. The summed E-state index contributed by atoms with van der Waals surface area (Å²) in [7, 11) is 0. The summed E-state index contributed by atoms with van der Waals surface area (Å²) in [5.74, 6) is 0.377. The monoisotopic (exact) mass is 412 g/mol.